The van der Waals surface area contributed by atoms with E-state index in [0.717, 1.165) is 0 Å². The molecule has 1 aliphatic rings. The van der Waals surface area contributed by atoms with Crippen molar-refractivity contribution in [2.45, 2.75) is 39.2 Å². The summed E-state index contributed by atoms with van der Waals surface area (Å²) in [6.07, 6.45) is 0.995. The molecule has 1 saturated heterocycles. The number of esters is 1. The summed E-state index contributed by atoms with van der Waals surface area (Å²) in [6.45, 7) is 5.16. The van der Waals surface area contributed by atoms with Crippen molar-refractivity contribution in [1.29, 1.82) is 0 Å². The molecular formula is C9H14O3. The van der Waals surface area contributed by atoms with Crippen LogP contribution in [0.2, 0.25) is 0 Å². The molecule has 0 aliphatic carbocycles. The Kier molecular flexibility index (Phi) is 2.22. The minimum absolute atomic E-state index is 0.0608. The normalized spacial score (nSPS) is 34.9. The molecule has 3 nitrogen and oxygen atoms in total. The van der Waals surface area contributed by atoms with Gasteiger partial charge in [-0.1, -0.05) is 6.92 Å². The second-order valence-electron chi connectivity index (χ2n) is 3.85. The molecule has 0 amide bonds. The first-order valence-corrected chi connectivity index (χ1v) is 4.15. The van der Waals surface area contributed by atoms with E-state index in [-0.39, 0.29) is 17.7 Å². The molecule has 0 spiro atoms. The molecule has 2 atom stereocenters. The van der Waals surface area contributed by atoms with Gasteiger partial charge in [0.05, 0.1) is 5.92 Å². The number of ether oxygens (including phenoxy) is 1. The average Bonchev–Trinajstić information content (AvgIpc) is 2.04. The number of cyclic esters (lactones) is 1. The number of hydrogen-bond donors (Lipinski definition) is 0. The van der Waals surface area contributed by atoms with E-state index in [2.05, 4.69) is 0 Å². The largest absolute Gasteiger partial charge is 0.459 e. The first-order valence-electron chi connectivity index (χ1n) is 4.15. The van der Waals surface area contributed by atoms with Crippen LogP contribution >= 0.6 is 0 Å². The summed E-state index contributed by atoms with van der Waals surface area (Å²) < 4.78 is 5.11. The monoisotopic (exact) mass is 170 g/mol. The quantitative estimate of drug-likeness (QED) is 0.587. The molecule has 1 rings (SSSR count). The predicted octanol–water partition coefficient (Wildman–Crippen LogP) is 1.31. The highest BCUT2D eigenvalue weighted by Crippen LogP contribution is 2.33. The van der Waals surface area contributed by atoms with Gasteiger partial charge in [-0.05, 0) is 13.8 Å². The highest BCUT2D eigenvalue weighted by molar-refractivity contribution is 5.80. The van der Waals surface area contributed by atoms with Gasteiger partial charge >= 0.3 is 5.97 Å². The van der Waals surface area contributed by atoms with E-state index in [1.54, 1.807) is 0 Å². The number of Topliss-reactive ketones (excluding diaryl/α,β-unsaturated/α-hetero) is 1. The Morgan fingerprint density at radius 2 is 2.33 bits per heavy atom. The van der Waals surface area contributed by atoms with Gasteiger partial charge in [0.15, 0.2) is 0 Å². The Morgan fingerprint density at radius 1 is 1.75 bits per heavy atom. The van der Waals surface area contributed by atoms with E-state index in [9.17, 15) is 9.59 Å². The second-order valence-corrected chi connectivity index (χ2v) is 3.85. The molecule has 1 heterocycles. The van der Waals surface area contributed by atoms with E-state index < -0.39 is 5.60 Å². The van der Waals surface area contributed by atoms with Gasteiger partial charge in [0.1, 0.15) is 11.4 Å². The fourth-order valence-electron chi connectivity index (χ4n) is 1.75. The van der Waals surface area contributed by atoms with Gasteiger partial charge in [0.2, 0.25) is 0 Å². The Labute approximate surface area is 72.1 Å². The van der Waals surface area contributed by atoms with Crippen molar-refractivity contribution in [3.63, 3.8) is 0 Å². The van der Waals surface area contributed by atoms with Gasteiger partial charge in [0.25, 0.3) is 0 Å². The summed E-state index contributed by atoms with van der Waals surface area (Å²) in [5, 5.41) is 0. The SMILES string of the molecule is CC(=O)C[C@]1(C)C[C@@H](C)C(=O)O1. The molecule has 0 aromatic carbocycles. The Balaban J connectivity index is 2.63. The van der Waals surface area contributed by atoms with Crippen LogP contribution in [-0.4, -0.2) is 17.4 Å². The molecule has 0 N–H and O–H groups in total. The smallest absolute Gasteiger partial charge is 0.309 e. The van der Waals surface area contributed by atoms with Gasteiger partial charge in [-0.2, -0.15) is 0 Å². The van der Waals surface area contributed by atoms with Gasteiger partial charge in [-0.25, -0.2) is 0 Å². The van der Waals surface area contributed by atoms with Crippen molar-refractivity contribution in [1.82, 2.24) is 0 Å². The maximum absolute atomic E-state index is 11.0. The van der Waals surface area contributed by atoms with Crippen LogP contribution < -0.4 is 0 Å². The van der Waals surface area contributed by atoms with Crippen LogP contribution in [-0.2, 0) is 14.3 Å². The van der Waals surface area contributed by atoms with Crippen molar-refractivity contribution in [3.05, 3.63) is 0 Å². The van der Waals surface area contributed by atoms with Gasteiger partial charge in [0, 0.05) is 12.8 Å². The summed E-state index contributed by atoms with van der Waals surface area (Å²) in [5.74, 6) is -0.174. The second kappa shape index (κ2) is 2.88. The van der Waals surface area contributed by atoms with Crippen LogP contribution in [0, 0.1) is 5.92 Å². The number of ketones is 1. The Hall–Kier alpha value is -0.860. The number of carbonyl (C=O) groups is 2. The maximum Gasteiger partial charge on any atom is 0.309 e. The van der Waals surface area contributed by atoms with Crippen molar-refractivity contribution in [2.24, 2.45) is 5.92 Å². The molecule has 0 aromatic heterocycles. The van der Waals surface area contributed by atoms with E-state index >= 15 is 0 Å². The van der Waals surface area contributed by atoms with Crippen molar-refractivity contribution in [3.8, 4) is 0 Å². The molecule has 0 saturated carbocycles. The minimum Gasteiger partial charge on any atom is -0.459 e. The summed E-state index contributed by atoms with van der Waals surface area (Å²) in [7, 11) is 0. The standard InChI is InChI=1S/C9H14O3/c1-6-4-9(3,5-7(2)10)12-8(6)11/h6H,4-5H2,1-3H3/t6-,9+/m1/s1. The van der Waals surface area contributed by atoms with Crippen LogP contribution in [0.5, 0.6) is 0 Å². The molecule has 0 unspecified atom stereocenters. The van der Waals surface area contributed by atoms with E-state index in [4.69, 9.17) is 4.74 Å². The van der Waals surface area contributed by atoms with Crippen molar-refractivity contribution in [2.75, 3.05) is 0 Å². The molecule has 1 fully saturated rings. The van der Waals surface area contributed by atoms with E-state index in [0.29, 0.717) is 12.8 Å². The van der Waals surface area contributed by atoms with Gasteiger partial charge < -0.3 is 4.74 Å². The lowest BCUT2D eigenvalue weighted by atomic mass is 9.92. The third-order valence-electron chi connectivity index (χ3n) is 2.11. The molecule has 0 bridgehead atoms. The van der Waals surface area contributed by atoms with Crippen LogP contribution in [0.3, 0.4) is 0 Å². The molecule has 0 radical (unpaired) electrons. The summed E-state index contributed by atoms with van der Waals surface area (Å²) in [4.78, 5) is 21.9. The summed E-state index contributed by atoms with van der Waals surface area (Å²) >= 11 is 0. The first-order chi connectivity index (χ1) is 5.43. The fraction of sp³-hybridized carbons (Fsp3) is 0.778. The average molecular weight is 170 g/mol. The zero-order valence-electron chi connectivity index (χ0n) is 7.72. The first kappa shape index (κ1) is 9.23. The molecule has 1 aliphatic heterocycles. The lowest BCUT2D eigenvalue weighted by Gasteiger charge is -2.20. The summed E-state index contributed by atoms with van der Waals surface area (Å²) in [5.41, 5.74) is -0.539. The number of rotatable bonds is 2. The van der Waals surface area contributed by atoms with E-state index in [1.165, 1.54) is 6.92 Å². The Morgan fingerprint density at radius 3 is 2.67 bits per heavy atom. The third-order valence-corrected chi connectivity index (χ3v) is 2.11. The molecule has 3 heteroatoms. The number of hydrogen-bond acceptors (Lipinski definition) is 3. The fourth-order valence-corrected chi connectivity index (χ4v) is 1.75. The highest BCUT2D eigenvalue weighted by atomic mass is 16.6. The zero-order chi connectivity index (χ0) is 9.35. The number of carbonyl (C=O) groups excluding carboxylic acids is 2. The molecule has 68 valence electrons. The van der Waals surface area contributed by atoms with Crippen LogP contribution in [0.15, 0.2) is 0 Å². The van der Waals surface area contributed by atoms with Gasteiger partial charge in [-0.15, -0.1) is 0 Å². The van der Waals surface area contributed by atoms with Crippen LogP contribution in [0.25, 0.3) is 0 Å². The maximum atomic E-state index is 11.0. The van der Waals surface area contributed by atoms with Crippen molar-refractivity contribution < 1.29 is 14.3 Å². The molecule has 0 aromatic rings. The highest BCUT2D eigenvalue weighted by Gasteiger charge is 2.41. The zero-order valence-corrected chi connectivity index (χ0v) is 7.72. The van der Waals surface area contributed by atoms with Crippen molar-refractivity contribution >= 4 is 11.8 Å². The predicted molar refractivity (Wildman–Crippen MR) is 43.6 cm³/mol. The Bertz CT molecular complexity index is 218. The summed E-state index contributed by atoms with van der Waals surface area (Å²) in [6, 6.07) is 0. The van der Waals surface area contributed by atoms with E-state index in [1.807, 2.05) is 13.8 Å². The van der Waals surface area contributed by atoms with Crippen LogP contribution in [0.1, 0.15) is 33.6 Å². The molecule has 12 heavy (non-hydrogen) atoms. The lowest BCUT2D eigenvalue weighted by molar-refractivity contribution is -0.150. The van der Waals surface area contributed by atoms with Gasteiger partial charge in [-0.3, -0.25) is 9.59 Å². The minimum atomic E-state index is -0.539. The third kappa shape index (κ3) is 1.84. The topological polar surface area (TPSA) is 43.4 Å². The lowest BCUT2D eigenvalue weighted by Crippen LogP contribution is -2.26. The molecular weight excluding hydrogens is 156 g/mol. The van der Waals surface area contributed by atoms with Crippen LogP contribution in [0.4, 0.5) is 0 Å².